The minimum atomic E-state index is 0.0231. The summed E-state index contributed by atoms with van der Waals surface area (Å²) in [6.45, 7) is 1.90. The van der Waals surface area contributed by atoms with Crippen molar-refractivity contribution in [2.45, 2.75) is 6.92 Å². The van der Waals surface area contributed by atoms with E-state index in [2.05, 4.69) is 4.98 Å². The van der Waals surface area contributed by atoms with E-state index in [9.17, 15) is 4.79 Å². The van der Waals surface area contributed by atoms with Gasteiger partial charge in [-0.2, -0.15) is 0 Å². The van der Waals surface area contributed by atoms with Crippen LogP contribution in [0.25, 0.3) is 10.9 Å². The molecule has 1 heterocycles. The van der Waals surface area contributed by atoms with Gasteiger partial charge in [0.15, 0.2) is 5.78 Å². The van der Waals surface area contributed by atoms with E-state index in [-0.39, 0.29) is 5.78 Å². The van der Waals surface area contributed by atoms with Crippen LogP contribution in [0, 0.1) is 6.92 Å². The first-order valence-corrected chi connectivity index (χ1v) is 6.14. The van der Waals surface area contributed by atoms with Crippen LogP contribution in [0.2, 0.25) is 0 Å². The molecule has 0 saturated heterocycles. The molecule has 0 bridgehead atoms. The van der Waals surface area contributed by atoms with Crippen molar-refractivity contribution in [3.8, 4) is 0 Å². The summed E-state index contributed by atoms with van der Waals surface area (Å²) < 4.78 is 0. The lowest BCUT2D eigenvalue weighted by molar-refractivity contribution is 0.104. The number of aromatic nitrogens is 1. The van der Waals surface area contributed by atoms with Gasteiger partial charge < -0.3 is 10.7 Å². The molecule has 0 aliphatic heterocycles. The molecular weight excluding hydrogens is 236 g/mol. The Hall–Kier alpha value is -2.55. The number of nitrogen functional groups attached to an aromatic ring is 1. The lowest BCUT2D eigenvalue weighted by atomic mass is 9.98. The predicted octanol–water partition coefficient (Wildman–Crippen LogP) is 3.29. The van der Waals surface area contributed by atoms with E-state index in [1.165, 1.54) is 0 Å². The van der Waals surface area contributed by atoms with Gasteiger partial charge in [0.05, 0.1) is 0 Å². The topological polar surface area (TPSA) is 58.9 Å². The highest BCUT2D eigenvalue weighted by molar-refractivity contribution is 6.17. The van der Waals surface area contributed by atoms with Crippen LogP contribution in [0.3, 0.4) is 0 Å². The summed E-state index contributed by atoms with van der Waals surface area (Å²) in [5.41, 5.74) is 9.65. The van der Waals surface area contributed by atoms with Crippen LogP contribution < -0.4 is 5.73 Å². The van der Waals surface area contributed by atoms with E-state index in [1.54, 1.807) is 18.3 Å². The highest BCUT2D eigenvalue weighted by Gasteiger charge is 2.15. The molecule has 1 aromatic heterocycles. The predicted molar refractivity (Wildman–Crippen MR) is 77.3 cm³/mol. The van der Waals surface area contributed by atoms with Gasteiger partial charge >= 0.3 is 0 Å². The highest BCUT2D eigenvalue weighted by Crippen LogP contribution is 2.23. The summed E-state index contributed by atoms with van der Waals surface area (Å²) in [5, 5.41) is 0.948. The number of carbonyl (C=O) groups is 1. The number of hydrogen-bond donors (Lipinski definition) is 2. The molecule has 0 fully saturated rings. The molecule has 3 rings (SSSR count). The molecule has 0 aliphatic carbocycles. The molecule has 0 spiro atoms. The molecule has 94 valence electrons. The number of H-pyrrole nitrogens is 1. The fourth-order valence-electron chi connectivity index (χ4n) is 2.35. The minimum Gasteiger partial charge on any atom is -0.399 e. The van der Waals surface area contributed by atoms with Crippen LogP contribution in [0.15, 0.2) is 48.7 Å². The van der Waals surface area contributed by atoms with Gasteiger partial charge in [0.1, 0.15) is 0 Å². The zero-order chi connectivity index (χ0) is 13.4. The Morgan fingerprint density at radius 2 is 1.89 bits per heavy atom. The molecule has 0 saturated carbocycles. The van der Waals surface area contributed by atoms with Crippen LogP contribution in [0.4, 0.5) is 5.69 Å². The Balaban J connectivity index is 2.13. The zero-order valence-corrected chi connectivity index (χ0v) is 10.6. The molecule has 3 N–H and O–H groups in total. The van der Waals surface area contributed by atoms with Crippen molar-refractivity contribution >= 4 is 22.4 Å². The Kier molecular flexibility index (Phi) is 2.60. The maximum Gasteiger partial charge on any atom is 0.195 e. The van der Waals surface area contributed by atoms with Crippen molar-refractivity contribution in [3.05, 3.63) is 65.4 Å². The number of nitrogens with one attached hydrogen (secondary N) is 1. The third kappa shape index (κ3) is 1.89. The summed E-state index contributed by atoms with van der Waals surface area (Å²) in [4.78, 5) is 15.7. The van der Waals surface area contributed by atoms with Gasteiger partial charge in [-0.25, -0.2) is 0 Å². The number of ketones is 1. The summed E-state index contributed by atoms with van der Waals surface area (Å²) in [6.07, 6.45) is 1.77. The molecule has 0 radical (unpaired) electrons. The van der Waals surface area contributed by atoms with Crippen molar-refractivity contribution in [1.29, 1.82) is 0 Å². The number of aromatic amines is 1. The van der Waals surface area contributed by atoms with E-state index in [1.807, 2.05) is 37.3 Å². The minimum absolute atomic E-state index is 0.0231. The van der Waals surface area contributed by atoms with Gasteiger partial charge in [-0.1, -0.05) is 18.2 Å². The third-order valence-corrected chi connectivity index (χ3v) is 3.33. The molecule has 0 atom stereocenters. The second-order valence-corrected chi connectivity index (χ2v) is 4.65. The number of carbonyl (C=O) groups excluding carboxylic acids is 1. The maximum atomic E-state index is 12.6. The summed E-state index contributed by atoms with van der Waals surface area (Å²) in [6, 6.07) is 13.2. The van der Waals surface area contributed by atoms with Crippen LogP contribution in [0.5, 0.6) is 0 Å². The van der Waals surface area contributed by atoms with Crippen molar-refractivity contribution in [1.82, 2.24) is 4.98 Å². The normalized spacial score (nSPS) is 10.8. The van der Waals surface area contributed by atoms with Gasteiger partial charge in [0, 0.05) is 33.9 Å². The van der Waals surface area contributed by atoms with Crippen LogP contribution in [-0.2, 0) is 0 Å². The average Bonchev–Trinajstić information content (AvgIpc) is 2.82. The third-order valence-electron chi connectivity index (χ3n) is 3.33. The van der Waals surface area contributed by atoms with Crippen molar-refractivity contribution < 1.29 is 4.79 Å². The van der Waals surface area contributed by atoms with E-state index in [0.717, 1.165) is 16.5 Å². The Labute approximate surface area is 111 Å². The molecule has 3 heteroatoms. The average molecular weight is 250 g/mol. The molecule has 0 aliphatic rings. The van der Waals surface area contributed by atoms with Crippen molar-refractivity contribution in [2.75, 3.05) is 5.73 Å². The zero-order valence-electron chi connectivity index (χ0n) is 10.6. The number of nitrogens with two attached hydrogens (primary N) is 1. The molecule has 2 aromatic carbocycles. The van der Waals surface area contributed by atoms with Crippen LogP contribution >= 0.6 is 0 Å². The molecule has 0 amide bonds. The molecule has 19 heavy (non-hydrogen) atoms. The second kappa shape index (κ2) is 4.28. The van der Waals surface area contributed by atoms with Gasteiger partial charge in [-0.3, -0.25) is 4.79 Å². The van der Waals surface area contributed by atoms with Gasteiger partial charge in [0.25, 0.3) is 0 Å². The van der Waals surface area contributed by atoms with Crippen molar-refractivity contribution in [3.63, 3.8) is 0 Å². The standard InChI is InChI=1S/C16H14N2O/c1-10-8-11(17)6-7-12(10)16(19)14-9-18-15-5-3-2-4-13(14)15/h2-9,18H,17H2,1H3. The lowest BCUT2D eigenvalue weighted by Crippen LogP contribution is -2.03. The SMILES string of the molecule is Cc1cc(N)ccc1C(=O)c1c[nH]c2ccccc12. The van der Waals surface area contributed by atoms with Gasteiger partial charge in [-0.15, -0.1) is 0 Å². The number of anilines is 1. The van der Waals surface area contributed by atoms with E-state index in [0.29, 0.717) is 16.8 Å². The monoisotopic (exact) mass is 250 g/mol. The first-order valence-electron chi connectivity index (χ1n) is 6.14. The van der Waals surface area contributed by atoms with E-state index in [4.69, 9.17) is 5.73 Å². The summed E-state index contributed by atoms with van der Waals surface area (Å²) >= 11 is 0. The van der Waals surface area contributed by atoms with Gasteiger partial charge in [0.2, 0.25) is 0 Å². The number of rotatable bonds is 2. The van der Waals surface area contributed by atoms with Crippen LogP contribution in [-0.4, -0.2) is 10.8 Å². The number of benzene rings is 2. The quantitative estimate of drug-likeness (QED) is 0.541. The highest BCUT2D eigenvalue weighted by atomic mass is 16.1. The first-order chi connectivity index (χ1) is 9.16. The Morgan fingerprint density at radius 1 is 1.11 bits per heavy atom. The largest absolute Gasteiger partial charge is 0.399 e. The molecule has 3 nitrogen and oxygen atoms in total. The smallest absolute Gasteiger partial charge is 0.195 e. The second-order valence-electron chi connectivity index (χ2n) is 4.65. The first kappa shape index (κ1) is 11.5. The fraction of sp³-hybridized carbons (Fsp3) is 0.0625. The number of aryl methyl sites for hydroxylation is 1. The maximum absolute atomic E-state index is 12.6. The van der Waals surface area contributed by atoms with E-state index >= 15 is 0 Å². The molecule has 3 aromatic rings. The Morgan fingerprint density at radius 3 is 2.68 bits per heavy atom. The number of fused-ring (bicyclic) bond motifs is 1. The summed E-state index contributed by atoms with van der Waals surface area (Å²) in [5.74, 6) is 0.0231. The number of para-hydroxylation sites is 1. The fourth-order valence-corrected chi connectivity index (χ4v) is 2.35. The number of hydrogen-bond acceptors (Lipinski definition) is 2. The van der Waals surface area contributed by atoms with Crippen molar-refractivity contribution in [2.24, 2.45) is 0 Å². The molecule has 0 unspecified atom stereocenters. The molecular formula is C16H14N2O. The lowest BCUT2D eigenvalue weighted by Gasteiger charge is -2.05. The van der Waals surface area contributed by atoms with Gasteiger partial charge in [-0.05, 0) is 36.8 Å². The van der Waals surface area contributed by atoms with E-state index < -0.39 is 0 Å². The summed E-state index contributed by atoms with van der Waals surface area (Å²) in [7, 11) is 0. The van der Waals surface area contributed by atoms with Crippen LogP contribution in [0.1, 0.15) is 21.5 Å². The Bertz CT molecular complexity index is 771.